The van der Waals surface area contributed by atoms with Gasteiger partial charge in [0, 0.05) is 0 Å². The van der Waals surface area contributed by atoms with Gasteiger partial charge < -0.3 is 54.3 Å². The molecule has 1 radical (unpaired) electrons. The van der Waals surface area contributed by atoms with Crippen molar-refractivity contribution in [2.75, 3.05) is 0 Å². The summed E-state index contributed by atoms with van der Waals surface area (Å²) in [6.07, 6.45) is 0. The molecule has 12 rings (SSSR count). The average Bonchev–Trinajstić information content (AvgIpc) is 0.841. The van der Waals surface area contributed by atoms with E-state index in [0.717, 1.165) is 66.8 Å². The van der Waals surface area contributed by atoms with Crippen LogP contribution in [0.4, 0.5) is 0 Å². The fourth-order valence-corrected chi connectivity index (χ4v) is 14.0. The van der Waals surface area contributed by atoms with Gasteiger partial charge >= 0.3 is 101 Å². The number of rotatable bonds is 24. The van der Waals surface area contributed by atoms with Gasteiger partial charge in [-0.2, -0.15) is 18.3 Å². The van der Waals surface area contributed by atoms with Crippen molar-refractivity contribution < 1.29 is 142 Å². The van der Waals surface area contributed by atoms with Crippen molar-refractivity contribution in [2.24, 2.45) is 0 Å². The molecule has 0 saturated carbocycles. The van der Waals surface area contributed by atoms with Crippen LogP contribution < -0.4 is 58.9 Å². The summed E-state index contributed by atoms with van der Waals surface area (Å²) in [4.78, 5) is 0. The van der Waals surface area contributed by atoms with Crippen molar-refractivity contribution in [1.29, 1.82) is 0 Å². The summed E-state index contributed by atoms with van der Waals surface area (Å²) < 4.78 is 151. The number of aryl methyl sites for hydroxylation is 12. The first-order valence-electron chi connectivity index (χ1n) is 33.9. The zero-order valence-electron chi connectivity index (χ0n) is 62.7. The van der Waals surface area contributed by atoms with Crippen molar-refractivity contribution >= 4 is 31.3 Å². The molecule has 0 heterocycles. The second-order valence-corrected chi connectivity index (χ2v) is 31.7. The normalized spacial score (nSPS) is 11.1. The van der Waals surface area contributed by atoms with E-state index in [-0.39, 0.29) is 40.8 Å². The molecule has 3 N–H and O–H groups in total. The second-order valence-electron chi connectivity index (χ2n) is 25.1. The van der Waals surface area contributed by atoms with Crippen molar-refractivity contribution in [3.8, 4) is 69.0 Å². The Morgan fingerprint density at radius 3 is 0.291 bits per heavy atom. The van der Waals surface area contributed by atoms with E-state index in [1.54, 1.807) is 146 Å². The number of phosphoric acid groups is 4. The van der Waals surface area contributed by atoms with Crippen molar-refractivity contribution in [1.82, 2.24) is 0 Å². The van der Waals surface area contributed by atoms with E-state index in [4.69, 9.17) is 72.9 Å². The number of hydrogen-bond donors (Lipinski definition) is 3. The van der Waals surface area contributed by atoms with Crippen LogP contribution in [-0.4, -0.2) is 14.0 Å². The van der Waals surface area contributed by atoms with Crippen LogP contribution >= 0.6 is 31.3 Å². The van der Waals surface area contributed by atoms with Gasteiger partial charge in [-0.15, -0.1) is 0 Å². The Labute approximate surface area is 678 Å². The topological polar surface area (TPSA) is 263 Å². The van der Waals surface area contributed by atoms with E-state index < -0.39 is 41.5 Å². The first-order valence-corrected chi connectivity index (χ1v) is 41.1. The van der Waals surface area contributed by atoms with Crippen LogP contribution in [-0.2, 0) is 18.3 Å². The number of hydrogen-bond acceptors (Lipinski definition) is 20. The van der Waals surface area contributed by atoms with Crippen LogP contribution in [0.2, 0.25) is 0 Å². The first kappa shape index (κ1) is 87.9. The summed E-state index contributed by atoms with van der Waals surface area (Å²) in [5, 5.41) is 0. The van der Waals surface area contributed by atoms with Crippen molar-refractivity contribution in [3.63, 3.8) is 0 Å². The molecule has 20 nitrogen and oxygen atoms in total. The molecule has 26 heteroatoms. The zero-order valence-corrected chi connectivity index (χ0v) is 70.2. The van der Waals surface area contributed by atoms with E-state index in [2.05, 4.69) is 0 Å². The SMILES string of the molecule is Cc1ccc(OP(=O)(Oc2ccc(C)cc2)Oc2ccc(C)cc2)cc1.Cc1ccc(OP(=O)(Oc2ccc(C)cc2)Oc2ccc(C)cc2)cc1.Cc1ccc(OP(=O)(Oc2ccc(C)cc2)Oc2ccc(C)cc2)cc1.Cc1ccc(OP(=O)(Oc2ccc(C)cc2)Oc2ccc(C)cc2)cc1.[Nd+3].[O-][Cl+](O)(O)O. The molecular weight excluding hydrogens is 1630 g/mol. The molecular formula is C84H87ClNdO20P4+3. The molecule has 0 aliphatic rings. The molecule has 12 aromatic rings. The zero-order chi connectivity index (χ0) is 78.8. The first-order chi connectivity index (χ1) is 51.7. The van der Waals surface area contributed by atoms with Crippen LogP contribution in [0.5, 0.6) is 69.0 Å². The fraction of sp³-hybridized carbons (Fsp3) is 0.143. The molecule has 0 aliphatic carbocycles. The van der Waals surface area contributed by atoms with Crippen LogP contribution in [0.25, 0.3) is 0 Å². The molecule has 0 fully saturated rings. The maximum absolute atomic E-state index is 13.3. The van der Waals surface area contributed by atoms with Crippen LogP contribution in [0.1, 0.15) is 66.8 Å². The third kappa shape index (κ3) is 32.3. The maximum atomic E-state index is 13.3. The van der Waals surface area contributed by atoms with Gasteiger partial charge in [0.05, 0.1) is 0 Å². The number of benzene rings is 12. The molecule has 0 amide bonds. The molecule has 12 aromatic carbocycles. The van der Waals surface area contributed by atoms with E-state index in [1.807, 2.05) is 229 Å². The van der Waals surface area contributed by atoms with Gasteiger partial charge in [-0.1, -0.05) is 212 Å². The Balaban J connectivity index is 0.000000199. The summed E-state index contributed by atoms with van der Waals surface area (Å²) in [5.74, 6) is 4.98. The van der Waals surface area contributed by atoms with Crippen LogP contribution in [0, 0.1) is 134 Å². The minimum atomic E-state index is -4.19. The third-order valence-corrected chi connectivity index (χ3v) is 20.1. The van der Waals surface area contributed by atoms with E-state index in [0.29, 0.717) is 69.0 Å². The Hall–Kier alpha value is -9.36. The Morgan fingerprint density at radius 2 is 0.236 bits per heavy atom. The molecule has 0 bridgehead atoms. The van der Waals surface area contributed by atoms with Gasteiger partial charge in [-0.05, 0) is 229 Å². The summed E-state index contributed by atoms with van der Waals surface area (Å²) in [6, 6.07) is 86.6. The molecule has 0 aromatic heterocycles. The van der Waals surface area contributed by atoms with Gasteiger partial charge in [0.1, 0.15) is 69.0 Å². The van der Waals surface area contributed by atoms with Crippen LogP contribution in [0.15, 0.2) is 291 Å². The Kier molecular flexibility index (Phi) is 33.2. The predicted molar refractivity (Wildman–Crippen MR) is 419 cm³/mol. The fourth-order valence-electron chi connectivity index (χ4n) is 8.96. The molecule has 110 heavy (non-hydrogen) atoms. The van der Waals surface area contributed by atoms with Gasteiger partial charge in [-0.3, -0.25) is 0 Å². The quantitative estimate of drug-likeness (QED) is 0.0475. The summed E-state index contributed by atoms with van der Waals surface area (Å²) in [6.45, 7) is 23.6. The average molecular weight is 1720 g/mol. The van der Waals surface area contributed by atoms with Gasteiger partial charge in [-0.25, -0.2) is 0 Å². The summed E-state index contributed by atoms with van der Waals surface area (Å²) >= 11 is 0. The van der Waals surface area contributed by atoms with Crippen molar-refractivity contribution in [3.05, 3.63) is 358 Å². The predicted octanol–water partition coefficient (Wildman–Crippen LogP) is 22.2. The molecule has 0 atom stereocenters. The third-order valence-electron chi connectivity index (χ3n) is 14.9. The molecule has 0 saturated heterocycles. The Morgan fingerprint density at radius 1 is 0.182 bits per heavy atom. The van der Waals surface area contributed by atoms with E-state index >= 15 is 0 Å². The van der Waals surface area contributed by atoms with Gasteiger partial charge in [0.25, 0.3) is 0 Å². The van der Waals surface area contributed by atoms with Gasteiger partial charge in [0.15, 0.2) is 0 Å². The molecule has 0 spiro atoms. The van der Waals surface area contributed by atoms with E-state index in [1.165, 1.54) is 0 Å². The minimum absolute atomic E-state index is 0. The van der Waals surface area contributed by atoms with Crippen molar-refractivity contribution in [2.45, 2.75) is 83.1 Å². The summed E-state index contributed by atoms with van der Waals surface area (Å²) in [7, 11) is -19.9. The standard InChI is InChI=1S/4C21H21O4P.ClH3O4.Nd/c4*1-16-4-10-19(11-5-16)23-26(22,24-20-12-6-17(2)7-13-20)25-21-14-8-18(3)9-15-21;2-1(3,4)5;/h4*4-15H,1-3H3;2-4H;/q;;;;;+3. The van der Waals surface area contributed by atoms with E-state index in [9.17, 15) is 18.3 Å². The summed E-state index contributed by atoms with van der Waals surface area (Å²) in [5.41, 5.74) is 12.9. The van der Waals surface area contributed by atoms with Crippen LogP contribution in [0.3, 0.4) is 0 Å². The number of phosphoric ester groups is 4. The monoisotopic (exact) mass is 1720 g/mol. The Bertz CT molecular complexity index is 3870. The molecule has 0 unspecified atom stereocenters. The van der Waals surface area contributed by atoms with Gasteiger partial charge in [0.2, 0.25) is 0 Å². The molecule has 571 valence electrons. The number of halogens is 1. The second kappa shape index (κ2) is 41.6. The molecule has 0 aliphatic heterocycles.